The van der Waals surface area contributed by atoms with Crippen molar-refractivity contribution < 1.29 is 28.8 Å². The Kier molecular flexibility index (Phi) is 8.31. The molecule has 1 amide bonds. The van der Waals surface area contributed by atoms with Crippen LogP contribution in [0.2, 0.25) is 5.02 Å². The first-order chi connectivity index (χ1) is 20.3. The third kappa shape index (κ3) is 5.23. The number of phenols is 1. The Morgan fingerprint density at radius 1 is 1.02 bits per heavy atom. The fraction of sp³-hybridized carbons (Fsp3) is 0.250. The topological polar surface area (TPSA) is 106 Å². The molecule has 1 aliphatic rings. The van der Waals surface area contributed by atoms with Gasteiger partial charge in [0.1, 0.15) is 23.7 Å². The minimum Gasteiger partial charge on any atom is -0.507 e. The minimum atomic E-state index is -0.539. The van der Waals surface area contributed by atoms with Crippen LogP contribution >= 0.6 is 11.6 Å². The number of rotatable bonds is 11. The van der Waals surface area contributed by atoms with E-state index in [0.29, 0.717) is 70.1 Å². The van der Waals surface area contributed by atoms with Crippen molar-refractivity contribution in [1.82, 2.24) is 15.1 Å². The standard InChI is InChI=1S/C32H32ClN3O6/c1-6-13-42-25-10-8-20(16-27(25)41-5)31-28-29(21-17-22(33)18(2)14-23(21)37)34-35-30(28)32(38)36(31)12-11-19-7-9-24(39-3)26(15-19)40-4/h6-10,14-17,31,37H,1,11-13H2,2-5H3,(H,34,35). The number of H-pyrrole nitrogens is 1. The lowest BCUT2D eigenvalue weighted by atomic mass is 9.94. The van der Waals surface area contributed by atoms with Crippen LogP contribution in [0.15, 0.2) is 61.2 Å². The lowest BCUT2D eigenvalue weighted by Gasteiger charge is -2.27. The first kappa shape index (κ1) is 28.9. The van der Waals surface area contributed by atoms with E-state index >= 15 is 0 Å². The molecule has 0 spiro atoms. The number of phenolic OH excluding ortho intramolecular Hbond substituents is 1. The predicted molar refractivity (Wildman–Crippen MR) is 160 cm³/mol. The van der Waals surface area contributed by atoms with E-state index in [-0.39, 0.29) is 11.7 Å². The average Bonchev–Trinajstić information content (AvgIpc) is 3.54. The summed E-state index contributed by atoms with van der Waals surface area (Å²) < 4.78 is 22.3. The van der Waals surface area contributed by atoms with Crippen LogP contribution in [0.5, 0.6) is 28.7 Å². The molecule has 1 aromatic heterocycles. The Bertz CT molecular complexity index is 1650. The van der Waals surface area contributed by atoms with Gasteiger partial charge in [-0.05, 0) is 66.4 Å². The van der Waals surface area contributed by atoms with Gasteiger partial charge in [-0.25, -0.2) is 0 Å². The molecule has 0 fully saturated rings. The van der Waals surface area contributed by atoms with E-state index in [4.69, 9.17) is 30.5 Å². The summed E-state index contributed by atoms with van der Waals surface area (Å²) in [5, 5.41) is 18.8. The summed E-state index contributed by atoms with van der Waals surface area (Å²) in [5.74, 6) is 2.12. The van der Waals surface area contributed by atoms with Crippen LogP contribution in [0.3, 0.4) is 0 Å². The Morgan fingerprint density at radius 2 is 1.74 bits per heavy atom. The van der Waals surface area contributed by atoms with Crippen LogP contribution in [-0.4, -0.2) is 60.6 Å². The molecule has 1 unspecified atom stereocenters. The summed E-state index contributed by atoms with van der Waals surface area (Å²) in [6.45, 7) is 6.22. The van der Waals surface area contributed by atoms with Crippen molar-refractivity contribution in [3.05, 3.63) is 94.2 Å². The summed E-state index contributed by atoms with van der Waals surface area (Å²) in [6, 6.07) is 14.0. The fourth-order valence-electron chi connectivity index (χ4n) is 5.24. The van der Waals surface area contributed by atoms with E-state index in [1.165, 1.54) is 0 Å². The Labute approximate surface area is 249 Å². The highest BCUT2D eigenvalue weighted by Gasteiger charge is 2.42. The normalized spacial score (nSPS) is 14.1. The quantitative estimate of drug-likeness (QED) is 0.203. The highest BCUT2D eigenvalue weighted by molar-refractivity contribution is 6.31. The van der Waals surface area contributed by atoms with E-state index < -0.39 is 6.04 Å². The number of methoxy groups -OCH3 is 3. The van der Waals surface area contributed by atoms with Crippen molar-refractivity contribution in [2.75, 3.05) is 34.5 Å². The molecule has 4 aromatic rings. The molecule has 2 N–H and O–H groups in total. The Balaban J connectivity index is 1.59. The summed E-state index contributed by atoms with van der Waals surface area (Å²) >= 11 is 6.44. The van der Waals surface area contributed by atoms with Crippen LogP contribution in [0.4, 0.5) is 0 Å². The van der Waals surface area contributed by atoms with Gasteiger partial charge in [-0.2, -0.15) is 5.10 Å². The second-order valence-corrected chi connectivity index (χ2v) is 10.2. The molecule has 0 bridgehead atoms. The molecule has 0 aliphatic carbocycles. The predicted octanol–water partition coefficient (Wildman–Crippen LogP) is 6.12. The van der Waals surface area contributed by atoms with Crippen molar-refractivity contribution in [3.8, 4) is 40.0 Å². The molecule has 1 aliphatic heterocycles. The number of benzene rings is 3. The number of halogens is 1. The van der Waals surface area contributed by atoms with Gasteiger partial charge in [-0.3, -0.25) is 9.89 Å². The van der Waals surface area contributed by atoms with Gasteiger partial charge in [0, 0.05) is 22.7 Å². The van der Waals surface area contributed by atoms with E-state index in [1.54, 1.807) is 44.4 Å². The van der Waals surface area contributed by atoms with Gasteiger partial charge in [-0.15, -0.1) is 0 Å². The summed E-state index contributed by atoms with van der Waals surface area (Å²) in [6.07, 6.45) is 2.21. The number of carbonyl (C=O) groups is 1. The molecule has 9 nitrogen and oxygen atoms in total. The smallest absolute Gasteiger partial charge is 0.273 e. The average molecular weight is 590 g/mol. The number of fused-ring (bicyclic) bond motifs is 1. The highest BCUT2D eigenvalue weighted by Crippen LogP contribution is 2.46. The molecule has 0 radical (unpaired) electrons. The van der Waals surface area contributed by atoms with Crippen molar-refractivity contribution in [2.24, 2.45) is 0 Å². The SMILES string of the molecule is C=CCOc1ccc(C2c3c(-c4cc(Cl)c(C)cc4O)n[nH]c3C(=O)N2CCc2ccc(OC)c(OC)c2)cc1OC. The van der Waals surface area contributed by atoms with Crippen molar-refractivity contribution in [2.45, 2.75) is 19.4 Å². The Hall–Kier alpha value is -4.63. The first-order valence-corrected chi connectivity index (χ1v) is 13.7. The second-order valence-electron chi connectivity index (χ2n) is 9.83. The van der Waals surface area contributed by atoms with Crippen LogP contribution < -0.4 is 18.9 Å². The van der Waals surface area contributed by atoms with Crippen molar-refractivity contribution >= 4 is 17.5 Å². The number of carbonyl (C=O) groups excluding carboxylic acids is 1. The molecule has 1 atom stereocenters. The van der Waals surface area contributed by atoms with E-state index in [0.717, 1.165) is 16.7 Å². The van der Waals surface area contributed by atoms with Gasteiger partial charge in [0.25, 0.3) is 5.91 Å². The minimum absolute atomic E-state index is 0.0203. The third-order valence-electron chi connectivity index (χ3n) is 7.35. The molecule has 0 saturated heterocycles. The monoisotopic (exact) mass is 589 g/mol. The molecule has 42 heavy (non-hydrogen) atoms. The highest BCUT2D eigenvalue weighted by atomic mass is 35.5. The third-order valence-corrected chi connectivity index (χ3v) is 7.75. The first-order valence-electron chi connectivity index (χ1n) is 13.3. The summed E-state index contributed by atoms with van der Waals surface area (Å²) in [4.78, 5) is 15.7. The second kappa shape index (κ2) is 12.1. The zero-order valence-corrected chi connectivity index (χ0v) is 24.6. The summed E-state index contributed by atoms with van der Waals surface area (Å²) in [5.41, 5.74) is 4.37. The zero-order valence-electron chi connectivity index (χ0n) is 23.9. The lowest BCUT2D eigenvalue weighted by Crippen LogP contribution is -2.31. The van der Waals surface area contributed by atoms with Gasteiger partial charge >= 0.3 is 0 Å². The molecular formula is C32H32ClN3O6. The number of amides is 1. The largest absolute Gasteiger partial charge is 0.507 e. The lowest BCUT2D eigenvalue weighted by molar-refractivity contribution is 0.0745. The molecule has 2 heterocycles. The fourth-order valence-corrected chi connectivity index (χ4v) is 5.41. The number of aromatic nitrogens is 2. The van der Waals surface area contributed by atoms with Gasteiger partial charge in [0.05, 0.1) is 27.4 Å². The van der Waals surface area contributed by atoms with E-state index in [1.807, 2.05) is 43.3 Å². The van der Waals surface area contributed by atoms with Crippen molar-refractivity contribution in [3.63, 3.8) is 0 Å². The number of aryl methyl sites for hydroxylation is 1. The maximum Gasteiger partial charge on any atom is 0.273 e. The number of nitrogens with one attached hydrogen (secondary N) is 1. The van der Waals surface area contributed by atoms with Crippen LogP contribution in [-0.2, 0) is 6.42 Å². The molecular weight excluding hydrogens is 558 g/mol. The van der Waals surface area contributed by atoms with Gasteiger partial charge in [0.2, 0.25) is 0 Å². The Morgan fingerprint density at radius 3 is 2.45 bits per heavy atom. The van der Waals surface area contributed by atoms with Gasteiger partial charge in [-0.1, -0.05) is 36.4 Å². The van der Waals surface area contributed by atoms with Crippen LogP contribution in [0.1, 0.15) is 38.8 Å². The number of aromatic amines is 1. The zero-order chi connectivity index (χ0) is 30.0. The summed E-state index contributed by atoms with van der Waals surface area (Å²) in [7, 11) is 4.74. The molecule has 10 heteroatoms. The van der Waals surface area contributed by atoms with E-state index in [9.17, 15) is 9.90 Å². The maximum atomic E-state index is 13.9. The van der Waals surface area contributed by atoms with Crippen LogP contribution in [0, 0.1) is 6.92 Å². The number of aromatic hydroxyl groups is 1. The maximum absolute atomic E-state index is 13.9. The van der Waals surface area contributed by atoms with E-state index in [2.05, 4.69) is 16.8 Å². The van der Waals surface area contributed by atoms with Gasteiger partial charge in [0.15, 0.2) is 23.0 Å². The number of ether oxygens (including phenoxy) is 4. The molecule has 3 aromatic carbocycles. The number of hydrogen-bond donors (Lipinski definition) is 2. The molecule has 218 valence electrons. The van der Waals surface area contributed by atoms with Crippen LogP contribution in [0.25, 0.3) is 11.3 Å². The number of nitrogens with zero attached hydrogens (tertiary/aromatic N) is 2. The van der Waals surface area contributed by atoms with Crippen molar-refractivity contribution in [1.29, 1.82) is 0 Å². The molecule has 0 saturated carbocycles. The van der Waals surface area contributed by atoms with Gasteiger partial charge < -0.3 is 29.0 Å². The molecule has 5 rings (SSSR count). The number of hydrogen-bond acceptors (Lipinski definition) is 7.